The first kappa shape index (κ1) is 26.5. The van der Waals surface area contributed by atoms with E-state index in [2.05, 4.69) is 34.3 Å². The third kappa shape index (κ3) is 6.39. The van der Waals surface area contributed by atoms with Crippen LogP contribution in [0.25, 0.3) is 17.1 Å². The zero-order chi connectivity index (χ0) is 25.7. The number of thioether (sulfide) groups is 1. The highest BCUT2D eigenvalue weighted by molar-refractivity contribution is 7.98. The molecule has 4 aromatic rings. The molecule has 0 unspecified atom stereocenters. The monoisotopic (exact) mass is 561 g/mol. The van der Waals surface area contributed by atoms with Crippen LogP contribution in [0.4, 0.5) is 0 Å². The number of rotatable bonds is 10. The highest BCUT2D eigenvalue weighted by Crippen LogP contribution is 2.35. The van der Waals surface area contributed by atoms with E-state index in [9.17, 15) is 4.79 Å². The van der Waals surface area contributed by atoms with Crippen molar-refractivity contribution in [2.75, 3.05) is 13.7 Å². The van der Waals surface area contributed by atoms with Gasteiger partial charge in [-0.3, -0.25) is 9.36 Å². The summed E-state index contributed by atoms with van der Waals surface area (Å²) in [5.74, 6) is 2.19. The minimum atomic E-state index is -0.155. The second-order valence-electron chi connectivity index (χ2n) is 8.32. The summed E-state index contributed by atoms with van der Waals surface area (Å²) in [6.45, 7) is 4.88. The van der Waals surface area contributed by atoms with Gasteiger partial charge in [-0.25, -0.2) is 4.98 Å². The lowest BCUT2D eigenvalue weighted by molar-refractivity contribution is 0.0947. The van der Waals surface area contributed by atoms with Crippen molar-refractivity contribution < 1.29 is 9.53 Å². The third-order valence-corrected chi connectivity index (χ3v) is 7.75. The average molecular weight is 563 g/mol. The van der Waals surface area contributed by atoms with E-state index in [0.717, 1.165) is 17.0 Å². The largest absolute Gasteiger partial charge is 0.497 e. The van der Waals surface area contributed by atoms with Gasteiger partial charge in [0.1, 0.15) is 16.5 Å². The summed E-state index contributed by atoms with van der Waals surface area (Å²) >= 11 is 15.8. The second-order valence-corrected chi connectivity index (χ2v) is 11.1. The van der Waals surface area contributed by atoms with Crippen LogP contribution in [0.5, 0.6) is 5.75 Å². The maximum absolute atomic E-state index is 12.4. The number of benzene rings is 2. The predicted molar refractivity (Wildman–Crippen MR) is 147 cm³/mol. The molecule has 2 aromatic heterocycles. The quantitative estimate of drug-likeness (QED) is 0.215. The van der Waals surface area contributed by atoms with Gasteiger partial charge in [-0.2, -0.15) is 0 Å². The Labute approximate surface area is 228 Å². The highest BCUT2D eigenvalue weighted by atomic mass is 35.5. The fourth-order valence-corrected chi connectivity index (χ4v) is 5.47. The summed E-state index contributed by atoms with van der Waals surface area (Å²) in [5, 5.41) is 16.1. The Morgan fingerprint density at radius 3 is 2.81 bits per heavy atom. The Kier molecular flexibility index (Phi) is 8.90. The maximum atomic E-state index is 12.4. The molecule has 7 nitrogen and oxygen atoms in total. The first-order valence-corrected chi connectivity index (χ1v) is 13.9. The van der Waals surface area contributed by atoms with Crippen molar-refractivity contribution in [2.45, 2.75) is 31.2 Å². The van der Waals surface area contributed by atoms with Crippen molar-refractivity contribution in [1.82, 2.24) is 25.1 Å². The normalized spacial score (nSPS) is 11.2. The predicted octanol–water partition coefficient (Wildman–Crippen LogP) is 6.77. The summed E-state index contributed by atoms with van der Waals surface area (Å²) < 4.78 is 7.26. The zero-order valence-electron chi connectivity index (χ0n) is 20.0. The summed E-state index contributed by atoms with van der Waals surface area (Å²) in [7, 11) is 1.62. The van der Waals surface area contributed by atoms with Gasteiger partial charge in [-0.05, 0) is 42.7 Å². The molecule has 0 radical (unpaired) electrons. The molecule has 0 bridgehead atoms. The lowest BCUT2D eigenvalue weighted by Gasteiger charge is -2.12. The van der Waals surface area contributed by atoms with E-state index >= 15 is 0 Å². The third-order valence-electron chi connectivity index (χ3n) is 5.23. The number of ether oxygens (including phenoxy) is 1. The van der Waals surface area contributed by atoms with Crippen LogP contribution in [0.3, 0.4) is 0 Å². The maximum Gasteiger partial charge on any atom is 0.270 e. The molecule has 0 spiro atoms. The Hall–Kier alpha value is -2.59. The van der Waals surface area contributed by atoms with Crippen molar-refractivity contribution in [1.29, 1.82) is 0 Å². The van der Waals surface area contributed by atoms with Gasteiger partial charge in [0.2, 0.25) is 0 Å². The van der Waals surface area contributed by atoms with Crippen LogP contribution in [-0.2, 0) is 5.75 Å². The van der Waals surface area contributed by atoms with Gasteiger partial charge in [-0.15, -0.1) is 21.5 Å². The minimum Gasteiger partial charge on any atom is -0.497 e. The van der Waals surface area contributed by atoms with Crippen molar-refractivity contribution in [3.63, 3.8) is 0 Å². The van der Waals surface area contributed by atoms with Crippen molar-refractivity contribution in [3.8, 4) is 22.8 Å². The van der Waals surface area contributed by atoms with Gasteiger partial charge in [-0.1, -0.05) is 60.9 Å². The molecular weight excluding hydrogens is 537 g/mol. The molecule has 4 rings (SSSR count). The molecular formula is C25H25Cl2N5O2S2. The lowest BCUT2D eigenvalue weighted by Crippen LogP contribution is -2.25. The second kappa shape index (κ2) is 12.1. The topological polar surface area (TPSA) is 81.9 Å². The molecule has 1 N–H and O–H groups in total. The number of nitrogens with one attached hydrogen (secondary N) is 1. The van der Waals surface area contributed by atoms with E-state index in [1.807, 2.05) is 28.8 Å². The van der Waals surface area contributed by atoms with Gasteiger partial charge >= 0.3 is 0 Å². The number of hydrogen-bond donors (Lipinski definition) is 1. The van der Waals surface area contributed by atoms with Gasteiger partial charge in [0.05, 0.1) is 23.6 Å². The number of nitrogens with zero attached hydrogens (tertiary/aromatic N) is 4. The van der Waals surface area contributed by atoms with E-state index in [1.165, 1.54) is 23.1 Å². The van der Waals surface area contributed by atoms with Gasteiger partial charge in [0.15, 0.2) is 11.0 Å². The number of thiazole rings is 1. The first-order valence-electron chi connectivity index (χ1n) is 11.3. The number of halogens is 2. The Balaban J connectivity index is 1.60. The fourth-order valence-electron chi connectivity index (χ4n) is 3.36. The molecule has 1 amide bonds. The number of aromatic nitrogens is 4. The summed E-state index contributed by atoms with van der Waals surface area (Å²) in [5.41, 5.74) is 1.91. The summed E-state index contributed by atoms with van der Waals surface area (Å²) in [4.78, 5) is 16.9. The fraction of sp³-hybridized carbons (Fsp3) is 0.280. The van der Waals surface area contributed by atoms with Crippen LogP contribution >= 0.6 is 46.3 Å². The molecule has 2 heterocycles. The molecule has 0 fully saturated rings. The van der Waals surface area contributed by atoms with Crippen molar-refractivity contribution in [3.05, 3.63) is 68.6 Å². The van der Waals surface area contributed by atoms with E-state index in [4.69, 9.17) is 27.9 Å². The molecule has 36 heavy (non-hydrogen) atoms. The smallest absolute Gasteiger partial charge is 0.270 e. The zero-order valence-corrected chi connectivity index (χ0v) is 23.1. The molecule has 2 aromatic carbocycles. The first-order chi connectivity index (χ1) is 17.4. The van der Waals surface area contributed by atoms with Crippen LogP contribution in [0.2, 0.25) is 10.0 Å². The van der Waals surface area contributed by atoms with E-state index < -0.39 is 0 Å². The minimum absolute atomic E-state index is 0.155. The van der Waals surface area contributed by atoms with Gasteiger partial charge in [0, 0.05) is 22.5 Å². The summed E-state index contributed by atoms with van der Waals surface area (Å²) in [6, 6.07) is 12.8. The SMILES string of the molecule is COc1cccc(-c2nnc(SCc3nc(C(=O)NCCC(C)C)cs3)n2-c2cc(Cl)ccc2Cl)c1. The van der Waals surface area contributed by atoms with Crippen LogP contribution in [0.15, 0.2) is 53.0 Å². The van der Waals surface area contributed by atoms with E-state index in [-0.39, 0.29) is 5.91 Å². The molecule has 0 aliphatic heterocycles. The number of hydrogen-bond acceptors (Lipinski definition) is 7. The number of carbonyl (C=O) groups is 1. The Bertz CT molecular complexity index is 1360. The van der Waals surface area contributed by atoms with Crippen LogP contribution in [0, 0.1) is 5.92 Å². The summed E-state index contributed by atoms with van der Waals surface area (Å²) in [6.07, 6.45) is 0.927. The number of methoxy groups -OCH3 is 1. The molecule has 0 aliphatic carbocycles. The van der Waals surface area contributed by atoms with E-state index in [0.29, 0.717) is 56.4 Å². The van der Waals surface area contributed by atoms with E-state index in [1.54, 1.807) is 30.7 Å². The standard InChI is InChI=1S/C25H25Cl2N5O2S2/c1-15(2)9-10-28-24(33)20-13-35-22(29-20)14-36-25-31-30-23(16-5-4-6-18(11-16)34-3)32(25)21-12-17(26)7-8-19(21)27/h4-8,11-13,15H,9-10,14H2,1-3H3,(H,28,33). The van der Waals surface area contributed by atoms with Gasteiger partial charge < -0.3 is 10.1 Å². The van der Waals surface area contributed by atoms with Crippen LogP contribution in [0.1, 0.15) is 35.8 Å². The highest BCUT2D eigenvalue weighted by Gasteiger charge is 2.20. The Morgan fingerprint density at radius 2 is 2.03 bits per heavy atom. The molecule has 11 heteroatoms. The Morgan fingerprint density at radius 1 is 1.19 bits per heavy atom. The van der Waals surface area contributed by atoms with Crippen LogP contribution in [-0.4, -0.2) is 39.3 Å². The number of carbonyl (C=O) groups excluding carboxylic acids is 1. The number of amides is 1. The molecule has 0 aliphatic rings. The molecule has 0 saturated heterocycles. The van der Waals surface area contributed by atoms with Crippen LogP contribution < -0.4 is 10.1 Å². The molecule has 0 atom stereocenters. The molecule has 0 saturated carbocycles. The average Bonchev–Trinajstić information content (AvgIpc) is 3.51. The van der Waals surface area contributed by atoms with Crippen molar-refractivity contribution in [2.24, 2.45) is 5.92 Å². The molecule has 188 valence electrons. The van der Waals surface area contributed by atoms with Crippen molar-refractivity contribution >= 4 is 52.2 Å². The lowest BCUT2D eigenvalue weighted by atomic mass is 10.1. The van der Waals surface area contributed by atoms with Gasteiger partial charge in [0.25, 0.3) is 5.91 Å².